The molecular weight excluding hydrogens is 176 g/mol. The zero-order chi connectivity index (χ0) is 9.68. The Hall–Kier alpha value is -0.690. The van der Waals surface area contributed by atoms with E-state index in [4.69, 9.17) is 0 Å². The second-order valence-corrected chi connectivity index (χ2v) is 3.84. The Morgan fingerprint density at radius 3 is 2.62 bits per heavy atom. The van der Waals surface area contributed by atoms with E-state index in [2.05, 4.69) is 50.4 Å². The maximum absolute atomic E-state index is 2.28. The van der Waals surface area contributed by atoms with Gasteiger partial charge in [0.25, 0.3) is 0 Å². The van der Waals surface area contributed by atoms with Crippen LogP contribution < -0.4 is 0 Å². The second-order valence-electron chi connectivity index (χ2n) is 3.00. The van der Waals surface area contributed by atoms with Gasteiger partial charge >= 0.3 is 0 Å². The highest BCUT2D eigenvalue weighted by Crippen LogP contribution is 2.27. The normalized spacial score (nSPS) is 11.8. The van der Waals surface area contributed by atoms with Gasteiger partial charge in [0.1, 0.15) is 0 Å². The Morgan fingerprint density at radius 2 is 2.08 bits per heavy atom. The van der Waals surface area contributed by atoms with Gasteiger partial charge in [0, 0.05) is 4.91 Å². The predicted octanol–water partition coefficient (Wildman–Crippen LogP) is 4.11. The van der Waals surface area contributed by atoms with Crippen LogP contribution in [0.15, 0.2) is 30.3 Å². The molecule has 0 aliphatic rings. The molecule has 0 fully saturated rings. The third-order valence-electron chi connectivity index (χ3n) is 2.02. The average Bonchev–Trinajstić information content (AvgIpc) is 2.16. The summed E-state index contributed by atoms with van der Waals surface area (Å²) in [5, 5.41) is 0. The Morgan fingerprint density at radius 1 is 1.38 bits per heavy atom. The van der Waals surface area contributed by atoms with Gasteiger partial charge in [-0.05, 0) is 30.7 Å². The van der Waals surface area contributed by atoms with Crippen LogP contribution in [0.25, 0.3) is 4.91 Å². The Kier molecular flexibility index (Phi) is 4.10. The first-order valence-corrected chi connectivity index (χ1v) is 5.82. The van der Waals surface area contributed by atoms with Crippen molar-refractivity contribution in [3.63, 3.8) is 0 Å². The minimum atomic E-state index is 1.10. The molecule has 0 aliphatic carbocycles. The van der Waals surface area contributed by atoms with E-state index in [1.807, 2.05) is 11.8 Å². The number of allylic oxidation sites excluding steroid dienone is 1. The summed E-state index contributed by atoms with van der Waals surface area (Å²) >= 11 is 1.82. The van der Waals surface area contributed by atoms with Crippen LogP contribution in [0.2, 0.25) is 0 Å². The van der Waals surface area contributed by atoms with Crippen molar-refractivity contribution in [1.29, 1.82) is 0 Å². The third-order valence-corrected chi connectivity index (χ3v) is 2.85. The molecule has 0 N–H and O–H groups in total. The smallest absolute Gasteiger partial charge is 0.0104 e. The van der Waals surface area contributed by atoms with Crippen LogP contribution in [0.4, 0.5) is 0 Å². The standard InChI is InChI=1S/C12H16S/c1-4-7-12(13-3)11-9-6-5-8-10(11)2/h5-9H,4H2,1-3H3/b12-7+. The van der Waals surface area contributed by atoms with Gasteiger partial charge in [0.15, 0.2) is 0 Å². The van der Waals surface area contributed by atoms with Crippen molar-refractivity contribution in [1.82, 2.24) is 0 Å². The third kappa shape index (κ3) is 2.63. The van der Waals surface area contributed by atoms with Gasteiger partial charge in [-0.1, -0.05) is 37.3 Å². The van der Waals surface area contributed by atoms with Crippen LogP contribution in [-0.4, -0.2) is 6.26 Å². The molecule has 0 heterocycles. The highest BCUT2D eigenvalue weighted by molar-refractivity contribution is 8.07. The van der Waals surface area contributed by atoms with E-state index >= 15 is 0 Å². The maximum atomic E-state index is 2.28. The van der Waals surface area contributed by atoms with E-state index in [-0.39, 0.29) is 0 Å². The lowest BCUT2D eigenvalue weighted by atomic mass is 10.1. The first-order valence-electron chi connectivity index (χ1n) is 4.59. The van der Waals surface area contributed by atoms with E-state index in [0.717, 1.165) is 6.42 Å². The van der Waals surface area contributed by atoms with E-state index in [1.54, 1.807) is 0 Å². The van der Waals surface area contributed by atoms with Crippen LogP contribution in [0, 0.1) is 6.92 Å². The van der Waals surface area contributed by atoms with Crippen LogP contribution in [0.5, 0.6) is 0 Å². The van der Waals surface area contributed by atoms with Crippen LogP contribution >= 0.6 is 11.8 Å². The number of aryl methyl sites for hydroxylation is 1. The fourth-order valence-corrected chi connectivity index (χ4v) is 2.12. The molecule has 1 rings (SSSR count). The van der Waals surface area contributed by atoms with Crippen molar-refractivity contribution < 1.29 is 0 Å². The molecule has 0 amide bonds. The highest BCUT2D eigenvalue weighted by atomic mass is 32.2. The molecule has 1 aromatic rings. The Balaban J connectivity index is 3.05. The monoisotopic (exact) mass is 192 g/mol. The minimum absolute atomic E-state index is 1.10. The summed E-state index contributed by atoms with van der Waals surface area (Å²) in [7, 11) is 0. The van der Waals surface area contributed by atoms with Gasteiger partial charge in [0.2, 0.25) is 0 Å². The predicted molar refractivity (Wildman–Crippen MR) is 63.0 cm³/mol. The average molecular weight is 192 g/mol. The van der Waals surface area contributed by atoms with E-state index in [9.17, 15) is 0 Å². The largest absolute Gasteiger partial charge is 0.129 e. The summed E-state index contributed by atoms with van der Waals surface area (Å²) in [6.45, 7) is 4.34. The Bertz CT molecular complexity index is 300. The van der Waals surface area contributed by atoms with Gasteiger partial charge < -0.3 is 0 Å². The summed E-state index contributed by atoms with van der Waals surface area (Å²) in [5.74, 6) is 0. The molecule has 0 saturated carbocycles. The number of hydrogen-bond acceptors (Lipinski definition) is 1. The lowest BCUT2D eigenvalue weighted by Crippen LogP contribution is -1.84. The van der Waals surface area contributed by atoms with Crippen molar-refractivity contribution >= 4 is 16.7 Å². The summed E-state index contributed by atoms with van der Waals surface area (Å²) in [6.07, 6.45) is 5.52. The number of thioether (sulfide) groups is 1. The van der Waals surface area contributed by atoms with Crippen molar-refractivity contribution in [2.75, 3.05) is 6.26 Å². The van der Waals surface area contributed by atoms with Gasteiger partial charge in [-0.3, -0.25) is 0 Å². The molecule has 0 aromatic heterocycles. The van der Waals surface area contributed by atoms with Crippen molar-refractivity contribution in [2.24, 2.45) is 0 Å². The van der Waals surface area contributed by atoms with Gasteiger partial charge in [-0.2, -0.15) is 0 Å². The topological polar surface area (TPSA) is 0 Å². The van der Waals surface area contributed by atoms with Gasteiger partial charge in [-0.15, -0.1) is 11.8 Å². The lowest BCUT2D eigenvalue weighted by Gasteiger charge is -2.07. The minimum Gasteiger partial charge on any atom is -0.129 e. The summed E-state index contributed by atoms with van der Waals surface area (Å²) in [5.41, 5.74) is 2.73. The SMILES string of the molecule is CC/C=C(/SC)c1ccccc1C. The van der Waals surface area contributed by atoms with E-state index < -0.39 is 0 Å². The molecule has 0 radical (unpaired) electrons. The highest BCUT2D eigenvalue weighted by Gasteiger charge is 2.01. The summed E-state index contributed by atoms with van der Waals surface area (Å²) in [6, 6.07) is 8.53. The van der Waals surface area contributed by atoms with Crippen LogP contribution in [0.1, 0.15) is 24.5 Å². The molecule has 13 heavy (non-hydrogen) atoms. The van der Waals surface area contributed by atoms with Crippen molar-refractivity contribution in [3.8, 4) is 0 Å². The zero-order valence-corrected chi connectivity index (χ0v) is 9.32. The second kappa shape index (κ2) is 5.13. The van der Waals surface area contributed by atoms with Gasteiger partial charge in [0.05, 0.1) is 0 Å². The maximum Gasteiger partial charge on any atom is 0.0104 e. The molecule has 70 valence electrons. The summed E-state index contributed by atoms with van der Waals surface area (Å²) < 4.78 is 0. The van der Waals surface area contributed by atoms with E-state index in [1.165, 1.54) is 16.0 Å². The molecule has 0 unspecified atom stereocenters. The molecule has 0 bridgehead atoms. The molecule has 0 nitrogen and oxygen atoms in total. The molecule has 0 saturated heterocycles. The number of rotatable bonds is 3. The fourth-order valence-electron chi connectivity index (χ4n) is 1.34. The quantitative estimate of drug-likeness (QED) is 0.694. The first-order chi connectivity index (χ1) is 6.29. The molecule has 1 aromatic carbocycles. The first kappa shape index (κ1) is 10.4. The summed E-state index contributed by atoms with van der Waals surface area (Å²) in [4.78, 5) is 1.39. The fraction of sp³-hybridized carbons (Fsp3) is 0.333. The Labute approximate surface area is 85.1 Å². The lowest BCUT2D eigenvalue weighted by molar-refractivity contribution is 1.23. The van der Waals surface area contributed by atoms with Gasteiger partial charge in [-0.25, -0.2) is 0 Å². The molecule has 0 aliphatic heterocycles. The van der Waals surface area contributed by atoms with Crippen molar-refractivity contribution in [3.05, 3.63) is 41.5 Å². The van der Waals surface area contributed by atoms with E-state index in [0.29, 0.717) is 0 Å². The molecular formula is C12H16S. The zero-order valence-electron chi connectivity index (χ0n) is 8.50. The van der Waals surface area contributed by atoms with Crippen LogP contribution in [-0.2, 0) is 0 Å². The molecule has 0 spiro atoms. The van der Waals surface area contributed by atoms with Crippen molar-refractivity contribution in [2.45, 2.75) is 20.3 Å². The van der Waals surface area contributed by atoms with Crippen LogP contribution in [0.3, 0.4) is 0 Å². The number of hydrogen-bond donors (Lipinski definition) is 0. The molecule has 0 atom stereocenters. The number of benzene rings is 1. The molecule has 1 heteroatoms.